The average Bonchev–Trinajstić information content (AvgIpc) is 3.20. The lowest BCUT2D eigenvalue weighted by Crippen LogP contribution is -2.01. The van der Waals surface area contributed by atoms with Crippen molar-refractivity contribution in [2.45, 2.75) is 18.2 Å². The Hall–Kier alpha value is -3.54. The van der Waals surface area contributed by atoms with Gasteiger partial charge in [0, 0.05) is 12.1 Å². The van der Waals surface area contributed by atoms with Gasteiger partial charge in [0.25, 0.3) is 12.1 Å². The van der Waals surface area contributed by atoms with Gasteiger partial charge in [-0.05, 0) is 47.7 Å². The number of alkyl halides is 2. The van der Waals surface area contributed by atoms with Crippen molar-refractivity contribution >= 4 is 23.7 Å². The molecule has 0 radical (unpaired) electrons. The highest BCUT2D eigenvalue weighted by Crippen LogP contribution is 2.29. The second kappa shape index (κ2) is 9.98. The molecule has 0 saturated heterocycles. The molecule has 0 saturated carbocycles. The van der Waals surface area contributed by atoms with Gasteiger partial charge >= 0.3 is 0 Å². The second-order valence-electron chi connectivity index (χ2n) is 6.02. The third kappa shape index (κ3) is 5.34. The van der Waals surface area contributed by atoms with Gasteiger partial charge in [0.15, 0.2) is 11.5 Å². The monoisotopic (exact) mass is 449 g/mol. The van der Waals surface area contributed by atoms with Gasteiger partial charge in [-0.1, -0.05) is 11.8 Å². The number of rotatable bonds is 9. The maximum Gasteiger partial charge on any atom is 0.299 e. The number of nitro benzene ring substituents is 1. The number of methoxy groups -OCH3 is 1. The van der Waals surface area contributed by atoms with E-state index in [1.807, 2.05) is 0 Å². The van der Waals surface area contributed by atoms with E-state index < -0.39 is 17.2 Å². The summed E-state index contributed by atoms with van der Waals surface area (Å²) in [5, 5.41) is 22.2. The maximum absolute atomic E-state index is 13.1. The average molecular weight is 449 g/mol. The molecule has 31 heavy (non-hydrogen) atoms. The first-order valence-electron chi connectivity index (χ1n) is 8.79. The Morgan fingerprint density at radius 3 is 2.58 bits per heavy atom. The quantitative estimate of drug-likeness (QED) is 0.207. The summed E-state index contributed by atoms with van der Waals surface area (Å²) in [6.45, 7) is 0.178. The lowest BCUT2D eigenvalue weighted by molar-refractivity contribution is -0.384. The molecule has 0 aliphatic carbocycles. The molecule has 1 aromatic heterocycles. The summed E-state index contributed by atoms with van der Waals surface area (Å²) >= 11 is 1.15. The molecule has 3 aromatic rings. The summed E-state index contributed by atoms with van der Waals surface area (Å²) in [5.74, 6) is 0.310. The predicted molar refractivity (Wildman–Crippen MR) is 110 cm³/mol. The fraction of sp³-hybridized carbons (Fsp3) is 0.211. The van der Waals surface area contributed by atoms with Crippen molar-refractivity contribution in [1.82, 2.24) is 14.9 Å². The van der Waals surface area contributed by atoms with Gasteiger partial charge in [-0.2, -0.15) is 9.78 Å². The van der Waals surface area contributed by atoms with Crippen molar-refractivity contribution in [3.05, 3.63) is 69.5 Å². The van der Waals surface area contributed by atoms with Gasteiger partial charge in [-0.15, -0.1) is 10.2 Å². The van der Waals surface area contributed by atoms with Crippen LogP contribution in [0.4, 0.5) is 14.5 Å². The second-order valence-corrected chi connectivity index (χ2v) is 6.80. The zero-order valence-electron chi connectivity index (χ0n) is 16.4. The summed E-state index contributed by atoms with van der Waals surface area (Å²) in [4.78, 5) is 10.3. The normalized spacial score (nSPS) is 11.3. The van der Waals surface area contributed by atoms with Crippen LogP contribution < -0.4 is 9.47 Å². The molecule has 0 bridgehead atoms. The maximum atomic E-state index is 13.1. The molecule has 2 aromatic carbocycles. The number of nitrogens with zero attached hydrogens (tertiary/aromatic N) is 5. The van der Waals surface area contributed by atoms with Crippen LogP contribution in [-0.4, -0.2) is 39.4 Å². The summed E-state index contributed by atoms with van der Waals surface area (Å²) in [7, 11) is 1.47. The largest absolute Gasteiger partial charge is 0.493 e. The molecule has 3 rings (SSSR count). The van der Waals surface area contributed by atoms with Gasteiger partial charge in [-0.25, -0.2) is 8.78 Å². The lowest BCUT2D eigenvalue weighted by atomic mass is 10.2. The Morgan fingerprint density at radius 2 is 1.97 bits per heavy atom. The predicted octanol–water partition coefficient (Wildman–Crippen LogP) is 4.32. The number of aromatic nitrogens is 3. The van der Waals surface area contributed by atoms with Gasteiger partial charge < -0.3 is 9.47 Å². The van der Waals surface area contributed by atoms with E-state index in [-0.39, 0.29) is 17.5 Å². The van der Waals surface area contributed by atoms with Crippen LogP contribution in [-0.2, 0) is 6.61 Å². The van der Waals surface area contributed by atoms with Crippen LogP contribution in [0, 0.1) is 10.1 Å². The lowest BCUT2D eigenvalue weighted by Gasteiger charge is -2.11. The Kier molecular flexibility index (Phi) is 7.13. The molecular weight excluding hydrogens is 432 g/mol. The number of halogens is 2. The zero-order valence-corrected chi connectivity index (χ0v) is 17.3. The van der Waals surface area contributed by atoms with Gasteiger partial charge in [0.1, 0.15) is 6.61 Å². The van der Waals surface area contributed by atoms with E-state index in [1.165, 1.54) is 25.5 Å². The van der Waals surface area contributed by atoms with Gasteiger partial charge in [-0.3, -0.25) is 10.1 Å². The summed E-state index contributed by atoms with van der Waals surface area (Å²) in [5.41, 5.74) is 1.33. The van der Waals surface area contributed by atoms with E-state index in [1.54, 1.807) is 36.6 Å². The van der Waals surface area contributed by atoms with Crippen LogP contribution in [0.25, 0.3) is 0 Å². The topological polar surface area (TPSA) is 105 Å². The molecule has 1 heterocycles. The Labute approximate surface area is 179 Å². The number of ether oxygens (including phenoxy) is 2. The number of hydrogen-bond donors (Lipinski definition) is 0. The van der Waals surface area contributed by atoms with Crippen molar-refractivity contribution in [3.8, 4) is 11.5 Å². The number of non-ortho nitro benzene ring substituents is 1. The standard InChI is InChI=1S/C19H17F2N5O4S/c1-29-16-9-13(10-22-25-18(17(20)21)23-24-19(25)31-2)5-8-15(16)30-11-12-3-6-14(7-4-12)26(27)28/h3-10,17H,11H2,1-2H3/b22-10+. The molecule has 0 aliphatic rings. The molecular formula is C19H17F2N5O4S. The van der Waals surface area contributed by atoms with Crippen molar-refractivity contribution in [1.29, 1.82) is 0 Å². The smallest absolute Gasteiger partial charge is 0.299 e. The van der Waals surface area contributed by atoms with Crippen LogP contribution in [0.2, 0.25) is 0 Å². The first kappa shape index (κ1) is 22.2. The summed E-state index contributed by atoms with van der Waals surface area (Å²) in [6.07, 6.45) is 0.262. The van der Waals surface area contributed by atoms with Crippen LogP contribution >= 0.6 is 11.8 Å². The minimum Gasteiger partial charge on any atom is -0.493 e. The number of nitro groups is 1. The number of hydrogen-bond acceptors (Lipinski definition) is 8. The van der Waals surface area contributed by atoms with Crippen molar-refractivity contribution in [3.63, 3.8) is 0 Å². The first-order chi connectivity index (χ1) is 14.9. The van der Waals surface area contributed by atoms with E-state index in [4.69, 9.17) is 9.47 Å². The fourth-order valence-corrected chi connectivity index (χ4v) is 2.97. The molecule has 0 atom stereocenters. The fourth-order valence-electron chi connectivity index (χ4n) is 2.53. The molecule has 0 N–H and O–H groups in total. The number of thioether (sulfide) groups is 1. The van der Waals surface area contributed by atoms with Crippen LogP contribution in [0.15, 0.2) is 52.7 Å². The van der Waals surface area contributed by atoms with E-state index in [9.17, 15) is 18.9 Å². The molecule has 0 fully saturated rings. The molecule has 162 valence electrons. The van der Waals surface area contributed by atoms with E-state index in [2.05, 4.69) is 15.3 Å². The van der Waals surface area contributed by atoms with Crippen LogP contribution in [0.1, 0.15) is 23.4 Å². The van der Waals surface area contributed by atoms with E-state index >= 15 is 0 Å². The van der Waals surface area contributed by atoms with Gasteiger partial charge in [0.2, 0.25) is 11.0 Å². The Morgan fingerprint density at radius 1 is 1.23 bits per heavy atom. The molecule has 9 nitrogen and oxygen atoms in total. The summed E-state index contributed by atoms with van der Waals surface area (Å²) < 4.78 is 38.2. The Balaban J connectivity index is 1.75. The highest BCUT2D eigenvalue weighted by molar-refractivity contribution is 7.98. The van der Waals surface area contributed by atoms with Crippen LogP contribution in [0.3, 0.4) is 0 Å². The highest BCUT2D eigenvalue weighted by atomic mass is 32.2. The minimum atomic E-state index is -2.81. The van der Waals surface area contributed by atoms with Crippen LogP contribution in [0.5, 0.6) is 11.5 Å². The van der Waals surface area contributed by atoms with Crippen molar-refractivity contribution in [2.24, 2.45) is 5.10 Å². The van der Waals surface area contributed by atoms with Gasteiger partial charge in [0.05, 0.1) is 18.2 Å². The Bertz CT molecular complexity index is 1090. The third-order valence-corrected chi connectivity index (χ3v) is 4.69. The molecule has 0 aliphatic heterocycles. The minimum absolute atomic E-state index is 0.00214. The molecule has 0 spiro atoms. The number of benzene rings is 2. The SMILES string of the molecule is COc1cc(/C=N/n2c(SC)nnc2C(F)F)ccc1OCc1ccc([N+](=O)[O-])cc1. The molecule has 12 heteroatoms. The summed E-state index contributed by atoms with van der Waals surface area (Å²) in [6, 6.07) is 11.0. The molecule has 0 unspecified atom stereocenters. The molecule has 0 amide bonds. The van der Waals surface area contributed by atoms with E-state index in [0.717, 1.165) is 22.0 Å². The third-order valence-electron chi connectivity index (χ3n) is 4.07. The van der Waals surface area contributed by atoms with E-state index in [0.29, 0.717) is 17.1 Å². The van der Waals surface area contributed by atoms with Crippen molar-refractivity contribution < 1.29 is 23.2 Å². The zero-order chi connectivity index (χ0) is 22.4. The van der Waals surface area contributed by atoms with Crippen molar-refractivity contribution in [2.75, 3.05) is 13.4 Å². The first-order valence-corrected chi connectivity index (χ1v) is 10.0. The highest BCUT2D eigenvalue weighted by Gasteiger charge is 2.19.